The molecular formula is C21H21F2N3O2S. The summed E-state index contributed by atoms with van der Waals surface area (Å²) < 4.78 is 26.2. The Morgan fingerprint density at radius 1 is 1.10 bits per heavy atom. The second kappa shape index (κ2) is 9.65. The van der Waals surface area contributed by atoms with Gasteiger partial charge in [-0.05, 0) is 36.8 Å². The third-order valence-electron chi connectivity index (χ3n) is 4.39. The van der Waals surface area contributed by atoms with Crippen LogP contribution in [0.4, 0.5) is 14.5 Å². The number of rotatable bonds is 8. The number of amides is 1. The van der Waals surface area contributed by atoms with Crippen molar-refractivity contribution >= 4 is 34.1 Å². The lowest BCUT2D eigenvalue weighted by Gasteiger charge is -2.11. The number of unbranched alkanes of at least 4 members (excludes halogenated alkanes) is 2. The van der Waals surface area contributed by atoms with Crippen LogP contribution in [0.3, 0.4) is 0 Å². The van der Waals surface area contributed by atoms with E-state index in [0.717, 1.165) is 19.3 Å². The van der Waals surface area contributed by atoms with E-state index in [9.17, 15) is 18.4 Å². The van der Waals surface area contributed by atoms with Gasteiger partial charge in [0.1, 0.15) is 0 Å². The van der Waals surface area contributed by atoms with Crippen molar-refractivity contribution in [2.75, 3.05) is 5.32 Å². The van der Waals surface area contributed by atoms with E-state index in [1.54, 1.807) is 36.4 Å². The minimum Gasteiger partial charge on any atom is -0.321 e. The Morgan fingerprint density at radius 3 is 2.45 bits per heavy atom. The van der Waals surface area contributed by atoms with Crippen molar-refractivity contribution in [2.45, 2.75) is 43.4 Å². The van der Waals surface area contributed by atoms with E-state index >= 15 is 0 Å². The number of nitrogens with one attached hydrogen (secondary N) is 1. The van der Waals surface area contributed by atoms with Gasteiger partial charge in [-0.3, -0.25) is 9.59 Å². The highest BCUT2D eigenvalue weighted by Gasteiger charge is 2.17. The van der Waals surface area contributed by atoms with Crippen LogP contribution in [0, 0.1) is 0 Å². The van der Waals surface area contributed by atoms with E-state index in [4.69, 9.17) is 0 Å². The SMILES string of the molecule is CCCCCn1nc(C(=O)Nc2ccc(SC(F)F)cc2)c2ccccc2c1=O. The number of benzene rings is 2. The van der Waals surface area contributed by atoms with Crippen molar-refractivity contribution < 1.29 is 13.6 Å². The molecule has 1 amide bonds. The zero-order valence-corrected chi connectivity index (χ0v) is 16.7. The number of halogens is 2. The molecule has 152 valence electrons. The summed E-state index contributed by atoms with van der Waals surface area (Å²) in [4.78, 5) is 26.0. The van der Waals surface area contributed by atoms with Gasteiger partial charge in [-0.2, -0.15) is 13.9 Å². The van der Waals surface area contributed by atoms with E-state index in [2.05, 4.69) is 17.3 Å². The Morgan fingerprint density at radius 2 is 1.79 bits per heavy atom. The number of hydrogen-bond acceptors (Lipinski definition) is 4. The van der Waals surface area contributed by atoms with Crippen LogP contribution in [0.15, 0.2) is 58.2 Å². The molecule has 0 aliphatic carbocycles. The van der Waals surface area contributed by atoms with Crippen LogP contribution in [0.1, 0.15) is 36.7 Å². The molecule has 1 N–H and O–H groups in total. The number of carbonyl (C=O) groups is 1. The van der Waals surface area contributed by atoms with Crippen molar-refractivity contribution in [3.63, 3.8) is 0 Å². The van der Waals surface area contributed by atoms with Crippen molar-refractivity contribution in [3.8, 4) is 0 Å². The average Bonchev–Trinajstić information content (AvgIpc) is 2.71. The third kappa shape index (κ3) is 5.20. The molecule has 0 unspecified atom stereocenters. The van der Waals surface area contributed by atoms with Crippen LogP contribution in [0.25, 0.3) is 10.8 Å². The van der Waals surface area contributed by atoms with Crippen molar-refractivity contribution in [2.24, 2.45) is 0 Å². The van der Waals surface area contributed by atoms with Crippen LogP contribution < -0.4 is 10.9 Å². The minimum absolute atomic E-state index is 0.155. The monoisotopic (exact) mass is 417 g/mol. The average molecular weight is 417 g/mol. The zero-order valence-electron chi connectivity index (χ0n) is 15.9. The largest absolute Gasteiger partial charge is 0.321 e. The number of aryl methyl sites for hydroxylation is 1. The van der Waals surface area contributed by atoms with Crippen LogP contribution >= 0.6 is 11.8 Å². The van der Waals surface area contributed by atoms with Gasteiger partial charge in [0.15, 0.2) is 5.69 Å². The zero-order chi connectivity index (χ0) is 20.8. The number of carbonyl (C=O) groups excluding carboxylic acids is 1. The van der Waals surface area contributed by atoms with E-state index in [1.165, 1.54) is 16.8 Å². The second-order valence-corrected chi connectivity index (χ2v) is 7.55. The molecule has 8 heteroatoms. The fraction of sp³-hybridized carbons (Fsp3) is 0.286. The number of aromatic nitrogens is 2. The molecule has 0 saturated heterocycles. The number of alkyl halides is 2. The maximum absolute atomic E-state index is 12.9. The molecule has 29 heavy (non-hydrogen) atoms. The molecule has 0 atom stereocenters. The number of hydrogen-bond donors (Lipinski definition) is 1. The smallest absolute Gasteiger partial charge is 0.288 e. The fourth-order valence-corrected chi connectivity index (χ4v) is 3.47. The quantitative estimate of drug-likeness (QED) is 0.406. The summed E-state index contributed by atoms with van der Waals surface area (Å²) in [6.45, 7) is 2.51. The van der Waals surface area contributed by atoms with Crippen LogP contribution in [0.5, 0.6) is 0 Å². The first-order valence-electron chi connectivity index (χ1n) is 9.35. The van der Waals surface area contributed by atoms with Crippen LogP contribution in [-0.2, 0) is 6.54 Å². The normalized spacial score (nSPS) is 11.2. The molecule has 0 radical (unpaired) electrons. The molecule has 3 aromatic rings. The van der Waals surface area contributed by atoms with E-state index in [1.807, 2.05) is 0 Å². The molecule has 5 nitrogen and oxygen atoms in total. The van der Waals surface area contributed by atoms with Gasteiger partial charge in [-0.15, -0.1) is 0 Å². The summed E-state index contributed by atoms with van der Waals surface area (Å²) in [5, 5.41) is 7.96. The lowest BCUT2D eigenvalue weighted by Crippen LogP contribution is -2.27. The minimum atomic E-state index is -2.50. The van der Waals surface area contributed by atoms with Crippen molar-refractivity contribution in [1.82, 2.24) is 9.78 Å². The summed E-state index contributed by atoms with van der Waals surface area (Å²) in [6, 6.07) is 13.0. The lowest BCUT2D eigenvalue weighted by atomic mass is 10.1. The Balaban J connectivity index is 1.90. The maximum Gasteiger partial charge on any atom is 0.288 e. The molecule has 2 aromatic carbocycles. The second-order valence-electron chi connectivity index (χ2n) is 6.49. The number of nitrogens with zero attached hydrogens (tertiary/aromatic N) is 2. The molecule has 0 bridgehead atoms. The molecular weight excluding hydrogens is 396 g/mol. The molecule has 3 rings (SSSR count). The lowest BCUT2D eigenvalue weighted by molar-refractivity contribution is 0.102. The van der Waals surface area contributed by atoms with Gasteiger partial charge in [0.2, 0.25) is 0 Å². The van der Waals surface area contributed by atoms with Gasteiger partial charge < -0.3 is 5.32 Å². The number of thioether (sulfide) groups is 1. The molecule has 0 aliphatic heterocycles. The third-order valence-corrected chi connectivity index (χ3v) is 5.12. The summed E-state index contributed by atoms with van der Waals surface area (Å²) >= 11 is 0.441. The first-order valence-corrected chi connectivity index (χ1v) is 10.2. The number of anilines is 1. The molecule has 0 fully saturated rings. The first kappa shape index (κ1) is 21.0. The van der Waals surface area contributed by atoms with Gasteiger partial charge in [-0.1, -0.05) is 49.7 Å². The molecule has 0 saturated carbocycles. The van der Waals surface area contributed by atoms with Gasteiger partial charge in [0.05, 0.1) is 5.39 Å². The van der Waals surface area contributed by atoms with Gasteiger partial charge in [0, 0.05) is 22.5 Å². The Labute approximate surface area is 171 Å². The highest BCUT2D eigenvalue weighted by Crippen LogP contribution is 2.26. The van der Waals surface area contributed by atoms with Crippen molar-refractivity contribution in [1.29, 1.82) is 0 Å². The Kier molecular flexibility index (Phi) is 6.98. The number of fused-ring (bicyclic) bond motifs is 1. The summed E-state index contributed by atoms with van der Waals surface area (Å²) in [7, 11) is 0. The van der Waals surface area contributed by atoms with Gasteiger partial charge in [0.25, 0.3) is 17.2 Å². The van der Waals surface area contributed by atoms with E-state index in [-0.39, 0.29) is 11.3 Å². The molecule has 1 aromatic heterocycles. The summed E-state index contributed by atoms with van der Waals surface area (Å²) in [6.07, 6.45) is 2.77. The van der Waals surface area contributed by atoms with Crippen LogP contribution in [0.2, 0.25) is 0 Å². The van der Waals surface area contributed by atoms with E-state index in [0.29, 0.717) is 39.7 Å². The molecule has 1 heterocycles. The molecule has 0 aliphatic rings. The fourth-order valence-electron chi connectivity index (χ4n) is 2.98. The standard InChI is InChI=1S/C21H21F2N3O2S/c1-2-3-6-13-26-20(28)17-8-5-4-7-16(17)18(25-26)19(27)24-14-9-11-15(12-10-14)29-21(22)23/h4-5,7-12,21H,2-3,6,13H2,1H3,(H,24,27). The maximum atomic E-state index is 12.9. The van der Waals surface area contributed by atoms with Gasteiger partial charge >= 0.3 is 0 Å². The highest BCUT2D eigenvalue weighted by molar-refractivity contribution is 7.99. The van der Waals surface area contributed by atoms with E-state index < -0.39 is 11.7 Å². The summed E-state index contributed by atoms with van der Waals surface area (Å²) in [5.74, 6) is -2.96. The Hall–Kier alpha value is -2.74. The topological polar surface area (TPSA) is 64.0 Å². The van der Waals surface area contributed by atoms with Crippen LogP contribution in [-0.4, -0.2) is 21.4 Å². The Bertz CT molecular complexity index is 1050. The van der Waals surface area contributed by atoms with Crippen molar-refractivity contribution in [3.05, 3.63) is 64.6 Å². The predicted octanol–water partition coefficient (Wildman–Crippen LogP) is 5.15. The highest BCUT2D eigenvalue weighted by atomic mass is 32.2. The summed E-state index contributed by atoms with van der Waals surface area (Å²) in [5.41, 5.74) is 0.396. The van der Waals surface area contributed by atoms with Gasteiger partial charge in [-0.25, -0.2) is 4.68 Å². The molecule has 0 spiro atoms. The predicted molar refractivity (Wildman–Crippen MR) is 112 cm³/mol. The first-order chi connectivity index (χ1) is 14.0.